The van der Waals surface area contributed by atoms with Crippen LogP contribution in [-0.4, -0.2) is 48.1 Å². The molecule has 1 heterocycles. The second-order valence-corrected chi connectivity index (χ2v) is 7.97. The van der Waals surface area contributed by atoms with E-state index in [1.165, 1.54) is 10.5 Å². The maximum Gasteiger partial charge on any atom is 0.414 e. The van der Waals surface area contributed by atoms with Gasteiger partial charge in [0.05, 0.1) is 5.69 Å². The van der Waals surface area contributed by atoms with E-state index in [0.717, 1.165) is 30.5 Å². The van der Waals surface area contributed by atoms with Gasteiger partial charge in [-0.3, -0.25) is 9.69 Å². The van der Waals surface area contributed by atoms with Crippen molar-refractivity contribution in [3.05, 3.63) is 66.8 Å². The summed E-state index contributed by atoms with van der Waals surface area (Å²) in [7, 11) is 0. The highest BCUT2D eigenvalue weighted by Gasteiger charge is 2.28. The molecule has 1 N–H and O–H groups in total. The Morgan fingerprint density at radius 3 is 2.58 bits per heavy atom. The molecular weight excluding hydrogens is 396 g/mol. The topological polar surface area (TPSA) is 79.3 Å². The van der Waals surface area contributed by atoms with Crippen LogP contribution in [0.1, 0.15) is 39.2 Å². The number of hydrogen-bond donors (Lipinski definition) is 1. The van der Waals surface area contributed by atoms with E-state index < -0.39 is 5.60 Å². The van der Waals surface area contributed by atoms with Crippen molar-refractivity contribution >= 4 is 18.2 Å². The Morgan fingerprint density at radius 2 is 2.00 bits per heavy atom. The summed E-state index contributed by atoms with van der Waals surface area (Å²) in [6, 6.07) is 7.96. The quantitative estimate of drug-likeness (QED) is 0.197. The van der Waals surface area contributed by atoms with Crippen LogP contribution in [0.15, 0.2) is 61.2 Å². The Balaban J connectivity index is 0.000000311. The zero-order chi connectivity index (χ0) is 23.3. The van der Waals surface area contributed by atoms with Crippen molar-refractivity contribution in [2.24, 2.45) is 0 Å². The number of rotatable bonds is 9. The van der Waals surface area contributed by atoms with E-state index in [1.807, 2.05) is 45.0 Å². The van der Waals surface area contributed by atoms with Gasteiger partial charge >= 0.3 is 6.09 Å². The summed E-state index contributed by atoms with van der Waals surface area (Å²) < 4.78 is 5.37. The minimum absolute atomic E-state index is 0.0991. The fourth-order valence-electron chi connectivity index (χ4n) is 2.96. The lowest BCUT2D eigenvalue weighted by atomic mass is 10.1. The molecule has 0 unspecified atom stereocenters. The third-order valence-electron chi connectivity index (χ3n) is 4.38. The molecule has 1 aromatic rings. The molecule has 2 amide bonds. The Kier molecular flexibility index (Phi) is 11.3. The number of nitrogens with zero attached hydrogens (tertiary/aromatic N) is 2. The molecule has 0 atom stereocenters. The molecule has 170 valence electrons. The van der Waals surface area contributed by atoms with Crippen molar-refractivity contribution in [2.45, 2.75) is 45.6 Å². The van der Waals surface area contributed by atoms with Crippen LogP contribution < -0.4 is 4.90 Å². The lowest BCUT2D eigenvalue weighted by molar-refractivity contribution is -0.265. The summed E-state index contributed by atoms with van der Waals surface area (Å²) in [4.78, 5) is 29.3. The van der Waals surface area contributed by atoms with Gasteiger partial charge in [0.2, 0.25) is 6.41 Å². The number of para-hydroxylation sites is 1. The van der Waals surface area contributed by atoms with Crippen LogP contribution in [-0.2, 0) is 20.8 Å². The number of anilines is 1. The fraction of sp³-hybridized carbons (Fsp3) is 0.417. The maximum atomic E-state index is 11.9. The first-order valence-electron chi connectivity index (χ1n) is 10.2. The van der Waals surface area contributed by atoms with Crippen LogP contribution in [0.5, 0.6) is 0 Å². The molecule has 2 rings (SSSR count). The van der Waals surface area contributed by atoms with E-state index in [1.54, 1.807) is 17.1 Å². The van der Waals surface area contributed by atoms with Gasteiger partial charge in [0.15, 0.2) is 6.73 Å². The molecule has 31 heavy (non-hydrogen) atoms. The van der Waals surface area contributed by atoms with Crippen molar-refractivity contribution in [3.63, 3.8) is 0 Å². The summed E-state index contributed by atoms with van der Waals surface area (Å²) in [5, 5.41) is 8.17. The zero-order valence-corrected chi connectivity index (χ0v) is 18.8. The van der Waals surface area contributed by atoms with Gasteiger partial charge in [-0.15, -0.1) is 0 Å². The van der Waals surface area contributed by atoms with Gasteiger partial charge in [0.25, 0.3) is 0 Å². The van der Waals surface area contributed by atoms with Crippen molar-refractivity contribution in [2.75, 3.05) is 24.7 Å². The number of carbonyl (C=O) groups is 2. The second-order valence-electron chi connectivity index (χ2n) is 7.97. The molecular formula is C24H34N2O5. The van der Waals surface area contributed by atoms with Crippen molar-refractivity contribution in [1.29, 1.82) is 0 Å². The third-order valence-corrected chi connectivity index (χ3v) is 4.38. The predicted molar refractivity (Wildman–Crippen MR) is 123 cm³/mol. The largest absolute Gasteiger partial charge is 0.443 e. The molecule has 1 aromatic carbocycles. The minimum atomic E-state index is -0.436. The van der Waals surface area contributed by atoms with Crippen molar-refractivity contribution in [1.82, 2.24) is 4.90 Å². The van der Waals surface area contributed by atoms with Crippen LogP contribution in [0.3, 0.4) is 0 Å². The van der Waals surface area contributed by atoms with Gasteiger partial charge < -0.3 is 9.64 Å². The van der Waals surface area contributed by atoms with Crippen LogP contribution in [0, 0.1) is 0 Å². The highest BCUT2D eigenvalue weighted by Crippen LogP contribution is 2.28. The van der Waals surface area contributed by atoms with E-state index in [0.29, 0.717) is 19.5 Å². The first-order chi connectivity index (χ1) is 14.8. The van der Waals surface area contributed by atoms with Gasteiger partial charge in [-0.1, -0.05) is 49.6 Å². The molecule has 0 aliphatic carbocycles. The van der Waals surface area contributed by atoms with E-state index in [2.05, 4.69) is 24.1 Å². The number of hydrogen-bond acceptors (Lipinski definition) is 5. The fourth-order valence-corrected chi connectivity index (χ4v) is 2.96. The number of amides is 2. The van der Waals surface area contributed by atoms with Crippen LogP contribution in [0.2, 0.25) is 0 Å². The minimum Gasteiger partial charge on any atom is -0.443 e. The van der Waals surface area contributed by atoms with Gasteiger partial charge in [0.1, 0.15) is 5.60 Å². The molecule has 0 fully saturated rings. The summed E-state index contributed by atoms with van der Waals surface area (Å²) >= 11 is 0. The molecule has 7 nitrogen and oxygen atoms in total. The molecule has 1 aliphatic heterocycles. The molecule has 1 aliphatic rings. The van der Waals surface area contributed by atoms with Gasteiger partial charge in [-0.05, 0) is 57.2 Å². The number of allylic oxidation sites excluding steroid dienone is 4. The average Bonchev–Trinajstić information content (AvgIpc) is 3.16. The Hall–Kier alpha value is -2.90. The first kappa shape index (κ1) is 26.1. The van der Waals surface area contributed by atoms with E-state index in [9.17, 15) is 9.59 Å². The van der Waals surface area contributed by atoms with Crippen LogP contribution in [0.25, 0.3) is 0 Å². The number of benzene rings is 1. The Morgan fingerprint density at radius 1 is 1.29 bits per heavy atom. The lowest BCUT2D eigenvalue weighted by Crippen LogP contribution is -2.35. The highest BCUT2D eigenvalue weighted by atomic mass is 17.1. The lowest BCUT2D eigenvalue weighted by Gasteiger charge is -2.24. The number of ether oxygens (including phenoxy) is 1. The van der Waals surface area contributed by atoms with Crippen molar-refractivity contribution in [3.8, 4) is 0 Å². The van der Waals surface area contributed by atoms with Crippen LogP contribution >= 0.6 is 0 Å². The summed E-state index contributed by atoms with van der Waals surface area (Å²) in [6.45, 7) is 14.1. The van der Waals surface area contributed by atoms with E-state index in [-0.39, 0.29) is 12.8 Å². The summed E-state index contributed by atoms with van der Waals surface area (Å²) in [5.41, 5.74) is 2.83. The van der Waals surface area contributed by atoms with Gasteiger partial charge in [-0.2, -0.15) is 0 Å². The normalized spacial score (nSPS) is 12.9. The monoisotopic (exact) mass is 430 g/mol. The molecule has 0 aromatic heterocycles. The number of fused-ring (bicyclic) bond motifs is 1. The summed E-state index contributed by atoms with van der Waals surface area (Å²) in [6.07, 6.45) is 8.23. The number of carbonyl (C=O) groups excluding carboxylic acids is 2. The standard InChI is InChI=1S/C13H17NO2.C11H17NO3/c1-13(2,3)16-12(15)14-9-8-10-6-4-5-7-11(10)14;1-3-6-11(4-2)7-5-8-12(9-13)10-15-14/h4-7H,8-9H2,1-3H3;3-4,6,9,14H,1-2,5,7-8,10H2/b;11-6+. The first-order valence-corrected chi connectivity index (χ1v) is 10.2. The third kappa shape index (κ3) is 9.63. The van der Waals surface area contributed by atoms with E-state index in [4.69, 9.17) is 9.99 Å². The van der Waals surface area contributed by atoms with Gasteiger partial charge in [0, 0.05) is 13.1 Å². The highest BCUT2D eigenvalue weighted by molar-refractivity contribution is 5.90. The SMILES string of the molecule is C=C/C=C(\C=C)CCCN(C=O)COO.CC(C)(C)OC(=O)N1CCc2ccccc21. The Bertz CT molecular complexity index is 767. The van der Waals surface area contributed by atoms with Crippen LogP contribution in [0.4, 0.5) is 10.5 Å². The zero-order valence-electron chi connectivity index (χ0n) is 18.8. The predicted octanol–water partition coefficient (Wildman–Crippen LogP) is 4.95. The van der Waals surface area contributed by atoms with Crippen molar-refractivity contribution < 1.29 is 24.5 Å². The molecule has 0 saturated heterocycles. The molecule has 0 spiro atoms. The Labute approximate surface area is 185 Å². The van der Waals surface area contributed by atoms with Gasteiger partial charge in [-0.25, -0.2) is 14.9 Å². The molecule has 0 radical (unpaired) electrons. The molecule has 0 bridgehead atoms. The molecule has 0 saturated carbocycles. The second kappa shape index (κ2) is 13.4. The maximum absolute atomic E-state index is 11.9. The average molecular weight is 431 g/mol. The summed E-state index contributed by atoms with van der Waals surface area (Å²) in [5.74, 6) is 0. The smallest absolute Gasteiger partial charge is 0.414 e. The van der Waals surface area contributed by atoms with E-state index >= 15 is 0 Å². The molecule has 7 heteroatoms.